The van der Waals surface area contributed by atoms with Gasteiger partial charge in [0.1, 0.15) is 6.07 Å². The highest BCUT2D eigenvalue weighted by Gasteiger charge is 2.06. The number of rotatable bonds is 7. The van der Waals surface area contributed by atoms with Crippen molar-refractivity contribution in [1.29, 1.82) is 5.26 Å². The van der Waals surface area contributed by atoms with Gasteiger partial charge >= 0.3 is 0 Å². The van der Waals surface area contributed by atoms with E-state index >= 15 is 0 Å². The Bertz CT molecular complexity index is 608. The normalized spacial score (nSPS) is 10.6. The van der Waals surface area contributed by atoms with Crippen LogP contribution >= 0.6 is 11.3 Å². The van der Waals surface area contributed by atoms with Crippen molar-refractivity contribution in [2.45, 2.75) is 26.9 Å². The molecule has 0 saturated heterocycles. The maximum Gasteiger partial charge on any atom is 0.100 e. The Hall–Kier alpha value is -1.83. The zero-order valence-electron chi connectivity index (χ0n) is 12.6. The molecular formula is C17H21N3S. The van der Waals surface area contributed by atoms with E-state index in [0.29, 0.717) is 0 Å². The second-order valence-corrected chi connectivity index (χ2v) is 5.88. The molecule has 0 spiro atoms. The largest absolute Gasteiger partial charge is 0.380 e. The molecule has 0 amide bonds. The number of hydrogen-bond donors (Lipinski definition) is 1. The zero-order valence-corrected chi connectivity index (χ0v) is 13.4. The molecule has 0 unspecified atom stereocenters. The standard InChI is InChI=1S/C17H21N3S/c1-3-20(4-2)12-15-7-5-6-8-17(15)19-11-16-9-14(10-18)13-21-16/h5-9,13,19H,3-4,11-12H2,1-2H3. The minimum absolute atomic E-state index is 0.744. The fourth-order valence-electron chi connectivity index (χ4n) is 2.23. The molecule has 2 aromatic rings. The van der Waals surface area contributed by atoms with Crippen LogP contribution in [0.3, 0.4) is 0 Å². The molecule has 1 aromatic heterocycles. The molecule has 0 radical (unpaired) electrons. The van der Waals surface area contributed by atoms with Gasteiger partial charge < -0.3 is 5.32 Å². The van der Waals surface area contributed by atoms with Crippen LogP contribution in [0.25, 0.3) is 0 Å². The Kier molecular flexibility index (Phi) is 5.79. The van der Waals surface area contributed by atoms with Gasteiger partial charge in [-0.25, -0.2) is 0 Å². The fourth-order valence-corrected chi connectivity index (χ4v) is 2.98. The molecule has 0 saturated carbocycles. The summed E-state index contributed by atoms with van der Waals surface area (Å²) in [6.45, 7) is 8.22. The minimum Gasteiger partial charge on any atom is -0.380 e. The average Bonchev–Trinajstić information content (AvgIpc) is 2.99. The van der Waals surface area contributed by atoms with Crippen LogP contribution in [-0.4, -0.2) is 18.0 Å². The quantitative estimate of drug-likeness (QED) is 0.837. The van der Waals surface area contributed by atoms with Crippen molar-refractivity contribution in [3.8, 4) is 6.07 Å². The fraction of sp³-hybridized carbons (Fsp3) is 0.353. The van der Waals surface area contributed by atoms with Gasteiger partial charge in [-0.3, -0.25) is 4.90 Å². The zero-order chi connectivity index (χ0) is 15.1. The SMILES string of the molecule is CCN(CC)Cc1ccccc1NCc1cc(C#N)cs1. The van der Waals surface area contributed by atoms with Gasteiger partial charge in [-0.1, -0.05) is 32.0 Å². The van der Waals surface area contributed by atoms with Crippen molar-refractivity contribution < 1.29 is 0 Å². The smallest absolute Gasteiger partial charge is 0.100 e. The maximum absolute atomic E-state index is 8.86. The van der Waals surface area contributed by atoms with Crippen LogP contribution in [0.1, 0.15) is 29.9 Å². The molecule has 0 fully saturated rings. The number of hydrogen-bond acceptors (Lipinski definition) is 4. The first-order valence-corrected chi connectivity index (χ1v) is 8.16. The summed E-state index contributed by atoms with van der Waals surface area (Å²) in [6, 6.07) is 12.6. The number of benzene rings is 1. The third-order valence-corrected chi connectivity index (χ3v) is 4.48. The summed E-state index contributed by atoms with van der Waals surface area (Å²) in [5, 5.41) is 14.3. The lowest BCUT2D eigenvalue weighted by atomic mass is 10.1. The van der Waals surface area contributed by atoms with E-state index in [2.05, 4.69) is 54.4 Å². The lowest BCUT2D eigenvalue weighted by Gasteiger charge is -2.20. The third-order valence-electron chi connectivity index (χ3n) is 3.54. The van der Waals surface area contributed by atoms with E-state index in [0.717, 1.165) is 31.7 Å². The summed E-state index contributed by atoms with van der Waals surface area (Å²) in [4.78, 5) is 3.59. The van der Waals surface area contributed by atoms with Crippen molar-refractivity contribution in [3.05, 3.63) is 51.7 Å². The highest BCUT2D eigenvalue weighted by atomic mass is 32.1. The Morgan fingerprint density at radius 3 is 2.67 bits per heavy atom. The molecular weight excluding hydrogens is 278 g/mol. The van der Waals surface area contributed by atoms with E-state index in [9.17, 15) is 0 Å². The van der Waals surface area contributed by atoms with E-state index < -0.39 is 0 Å². The molecule has 110 valence electrons. The first kappa shape index (κ1) is 15.6. The molecule has 0 atom stereocenters. The molecule has 0 aliphatic carbocycles. The van der Waals surface area contributed by atoms with Crippen LogP contribution in [0.4, 0.5) is 5.69 Å². The monoisotopic (exact) mass is 299 g/mol. The van der Waals surface area contributed by atoms with Crippen molar-refractivity contribution in [3.63, 3.8) is 0 Å². The Morgan fingerprint density at radius 1 is 1.24 bits per heavy atom. The van der Waals surface area contributed by atoms with E-state index in [4.69, 9.17) is 5.26 Å². The second kappa shape index (κ2) is 7.82. The molecule has 3 nitrogen and oxygen atoms in total. The van der Waals surface area contributed by atoms with E-state index in [1.54, 1.807) is 11.3 Å². The molecule has 0 aliphatic rings. The van der Waals surface area contributed by atoms with Gasteiger partial charge in [-0.2, -0.15) is 5.26 Å². The first-order valence-electron chi connectivity index (χ1n) is 7.28. The van der Waals surface area contributed by atoms with E-state index in [1.807, 2.05) is 11.4 Å². The molecule has 0 bridgehead atoms. The van der Waals surface area contributed by atoms with Gasteiger partial charge in [0, 0.05) is 29.0 Å². The highest BCUT2D eigenvalue weighted by Crippen LogP contribution is 2.20. The van der Waals surface area contributed by atoms with Crippen LogP contribution < -0.4 is 5.32 Å². The maximum atomic E-state index is 8.86. The molecule has 4 heteroatoms. The molecule has 0 aliphatic heterocycles. The van der Waals surface area contributed by atoms with Gasteiger partial charge in [0.25, 0.3) is 0 Å². The van der Waals surface area contributed by atoms with Crippen LogP contribution in [0, 0.1) is 11.3 Å². The topological polar surface area (TPSA) is 39.1 Å². The van der Waals surface area contributed by atoms with E-state index in [1.165, 1.54) is 16.1 Å². The molecule has 21 heavy (non-hydrogen) atoms. The summed E-state index contributed by atoms with van der Waals surface area (Å²) in [6.07, 6.45) is 0. The lowest BCUT2D eigenvalue weighted by molar-refractivity contribution is 0.296. The number of anilines is 1. The average molecular weight is 299 g/mol. The number of nitrogens with zero attached hydrogens (tertiary/aromatic N) is 2. The number of nitriles is 1. The summed E-state index contributed by atoms with van der Waals surface area (Å²) in [5.41, 5.74) is 3.24. The van der Waals surface area contributed by atoms with Crippen LogP contribution in [0.2, 0.25) is 0 Å². The van der Waals surface area contributed by atoms with Crippen molar-refractivity contribution in [2.75, 3.05) is 18.4 Å². The van der Waals surface area contributed by atoms with Crippen molar-refractivity contribution >= 4 is 17.0 Å². The van der Waals surface area contributed by atoms with Crippen molar-refractivity contribution in [2.24, 2.45) is 0 Å². The van der Waals surface area contributed by atoms with Gasteiger partial charge in [0.05, 0.1) is 5.56 Å². The van der Waals surface area contributed by atoms with Gasteiger partial charge in [0.2, 0.25) is 0 Å². The van der Waals surface area contributed by atoms with Gasteiger partial charge in [-0.15, -0.1) is 11.3 Å². The molecule has 1 aromatic carbocycles. The highest BCUT2D eigenvalue weighted by molar-refractivity contribution is 7.10. The number of nitrogens with one attached hydrogen (secondary N) is 1. The van der Waals surface area contributed by atoms with Crippen LogP contribution in [0.5, 0.6) is 0 Å². The summed E-state index contributed by atoms with van der Waals surface area (Å²) < 4.78 is 0. The minimum atomic E-state index is 0.744. The number of thiophene rings is 1. The third kappa shape index (κ3) is 4.32. The van der Waals surface area contributed by atoms with Gasteiger partial charge in [0.15, 0.2) is 0 Å². The first-order chi connectivity index (χ1) is 10.3. The molecule has 1 heterocycles. The Balaban J connectivity index is 2.04. The predicted molar refractivity (Wildman–Crippen MR) is 89.4 cm³/mol. The van der Waals surface area contributed by atoms with Gasteiger partial charge in [-0.05, 0) is 30.8 Å². The lowest BCUT2D eigenvalue weighted by Crippen LogP contribution is -2.22. The summed E-state index contributed by atoms with van der Waals surface area (Å²) in [7, 11) is 0. The second-order valence-electron chi connectivity index (χ2n) is 4.89. The predicted octanol–water partition coefficient (Wildman–Crippen LogP) is 4.07. The van der Waals surface area contributed by atoms with Crippen LogP contribution in [0.15, 0.2) is 35.7 Å². The molecule has 2 rings (SSSR count). The van der Waals surface area contributed by atoms with Crippen LogP contribution in [-0.2, 0) is 13.1 Å². The van der Waals surface area contributed by atoms with Crippen molar-refractivity contribution in [1.82, 2.24) is 4.90 Å². The summed E-state index contributed by atoms with van der Waals surface area (Å²) in [5.74, 6) is 0. The molecule has 1 N–H and O–H groups in total. The number of para-hydroxylation sites is 1. The summed E-state index contributed by atoms with van der Waals surface area (Å²) >= 11 is 1.63. The Labute approximate surface area is 130 Å². The van der Waals surface area contributed by atoms with E-state index in [-0.39, 0.29) is 0 Å². The Morgan fingerprint density at radius 2 is 2.00 bits per heavy atom.